The van der Waals surface area contributed by atoms with Crippen LogP contribution in [0, 0.1) is 0 Å². The summed E-state index contributed by atoms with van der Waals surface area (Å²) in [5, 5.41) is 6.07. The van der Waals surface area contributed by atoms with E-state index in [0.29, 0.717) is 17.7 Å². The molecule has 0 bridgehead atoms. The maximum atomic E-state index is 12.9. The zero-order chi connectivity index (χ0) is 21.1. The average Bonchev–Trinajstić information content (AvgIpc) is 3.19. The van der Waals surface area contributed by atoms with Gasteiger partial charge in [-0.3, -0.25) is 9.59 Å². The summed E-state index contributed by atoms with van der Waals surface area (Å²) < 4.78 is 1.15. The minimum Gasteiger partial charge on any atom is -0.366 e. The van der Waals surface area contributed by atoms with E-state index in [-0.39, 0.29) is 11.8 Å². The fourth-order valence-electron chi connectivity index (χ4n) is 3.73. The van der Waals surface area contributed by atoms with Crippen molar-refractivity contribution in [3.05, 3.63) is 89.3 Å². The number of hydrogen-bond donors (Lipinski definition) is 2. The third-order valence-corrected chi connectivity index (χ3v) is 6.21. The Labute approximate surface area is 179 Å². The molecule has 1 unspecified atom stereocenters. The van der Waals surface area contributed by atoms with Gasteiger partial charge in [0, 0.05) is 26.9 Å². The lowest BCUT2D eigenvalue weighted by Crippen LogP contribution is -2.21. The third-order valence-electron chi connectivity index (χ3n) is 5.25. The first kappa shape index (κ1) is 19.9. The highest BCUT2D eigenvalue weighted by Gasteiger charge is 2.20. The number of thiophene rings is 1. The number of nitrogens with two attached hydrogens (primary N) is 1. The largest absolute Gasteiger partial charge is 0.366 e. The highest BCUT2D eigenvalue weighted by Crippen LogP contribution is 2.36. The number of amides is 2. The first-order chi connectivity index (χ1) is 14.6. The van der Waals surface area contributed by atoms with Crippen LogP contribution in [-0.2, 0) is 4.79 Å². The van der Waals surface area contributed by atoms with E-state index in [1.54, 1.807) is 17.4 Å². The molecule has 4 rings (SSSR count). The maximum Gasteiger partial charge on any atom is 0.249 e. The number of primary amides is 1. The summed E-state index contributed by atoms with van der Waals surface area (Å²) in [6.07, 6.45) is 0.678. The molecule has 150 valence electrons. The van der Waals surface area contributed by atoms with E-state index in [4.69, 9.17) is 5.73 Å². The van der Waals surface area contributed by atoms with Gasteiger partial charge in [-0.1, -0.05) is 61.5 Å². The number of carbonyl (C=O) groups excluding carboxylic acids is 2. The van der Waals surface area contributed by atoms with Crippen LogP contribution in [0.3, 0.4) is 0 Å². The maximum absolute atomic E-state index is 12.9. The van der Waals surface area contributed by atoms with E-state index in [9.17, 15) is 9.59 Å². The molecule has 0 aliphatic carbocycles. The van der Waals surface area contributed by atoms with Crippen molar-refractivity contribution in [3.8, 4) is 11.1 Å². The summed E-state index contributed by atoms with van der Waals surface area (Å²) in [7, 11) is 0. The van der Waals surface area contributed by atoms with Gasteiger partial charge in [-0.05, 0) is 41.1 Å². The Morgan fingerprint density at radius 2 is 1.70 bits per heavy atom. The minimum atomic E-state index is -0.522. The lowest BCUT2D eigenvalue weighted by Gasteiger charge is -2.16. The van der Waals surface area contributed by atoms with E-state index >= 15 is 0 Å². The van der Waals surface area contributed by atoms with Gasteiger partial charge in [0.15, 0.2) is 0 Å². The van der Waals surface area contributed by atoms with Gasteiger partial charge in [-0.2, -0.15) is 0 Å². The highest BCUT2D eigenvalue weighted by molar-refractivity contribution is 7.17. The monoisotopic (exact) mass is 414 g/mol. The molecule has 0 saturated carbocycles. The second-order valence-corrected chi connectivity index (χ2v) is 8.04. The van der Waals surface area contributed by atoms with E-state index in [1.807, 2.05) is 73.0 Å². The fraction of sp³-hybridized carbons (Fsp3) is 0.120. The number of benzene rings is 3. The average molecular weight is 415 g/mol. The molecule has 30 heavy (non-hydrogen) atoms. The molecule has 1 atom stereocenters. The van der Waals surface area contributed by atoms with Crippen molar-refractivity contribution in [3.63, 3.8) is 0 Å². The molecule has 0 fully saturated rings. The van der Waals surface area contributed by atoms with Crippen LogP contribution < -0.4 is 11.1 Å². The van der Waals surface area contributed by atoms with Crippen molar-refractivity contribution in [2.45, 2.75) is 19.3 Å². The van der Waals surface area contributed by atoms with Crippen molar-refractivity contribution < 1.29 is 9.59 Å². The Bertz CT molecular complexity index is 1210. The SMILES string of the molecule is CCC(C(=O)Nc1ccc(-c2csc3ccccc23)c(C(N)=O)c1)c1ccccc1. The number of rotatable bonds is 6. The molecule has 0 aliphatic heterocycles. The topological polar surface area (TPSA) is 72.2 Å². The number of carbonyl (C=O) groups is 2. The smallest absolute Gasteiger partial charge is 0.249 e. The summed E-state index contributed by atoms with van der Waals surface area (Å²) in [6, 6.07) is 23.1. The van der Waals surface area contributed by atoms with Crippen molar-refractivity contribution in [2.24, 2.45) is 5.73 Å². The Morgan fingerprint density at radius 3 is 2.43 bits per heavy atom. The molecule has 0 saturated heterocycles. The van der Waals surface area contributed by atoms with E-state index in [2.05, 4.69) is 11.4 Å². The molecule has 4 aromatic rings. The molecule has 1 aromatic heterocycles. The van der Waals surface area contributed by atoms with E-state index in [0.717, 1.165) is 26.8 Å². The van der Waals surface area contributed by atoms with Gasteiger partial charge < -0.3 is 11.1 Å². The summed E-state index contributed by atoms with van der Waals surface area (Å²) >= 11 is 1.63. The first-order valence-corrected chi connectivity index (χ1v) is 10.7. The van der Waals surface area contributed by atoms with Crippen molar-refractivity contribution in [1.82, 2.24) is 0 Å². The summed E-state index contributed by atoms with van der Waals surface area (Å²) in [6.45, 7) is 1.98. The van der Waals surface area contributed by atoms with Crippen molar-refractivity contribution in [1.29, 1.82) is 0 Å². The van der Waals surface area contributed by atoms with Gasteiger partial charge in [0.1, 0.15) is 0 Å². The van der Waals surface area contributed by atoms with Gasteiger partial charge in [-0.15, -0.1) is 11.3 Å². The first-order valence-electron chi connectivity index (χ1n) is 9.84. The van der Waals surface area contributed by atoms with Crippen molar-refractivity contribution >= 4 is 38.9 Å². The number of hydrogen-bond acceptors (Lipinski definition) is 3. The molecule has 0 radical (unpaired) electrons. The lowest BCUT2D eigenvalue weighted by molar-refractivity contribution is -0.117. The highest BCUT2D eigenvalue weighted by atomic mass is 32.1. The molecule has 4 nitrogen and oxygen atoms in total. The van der Waals surface area contributed by atoms with Crippen LogP contribution in [0.5, 0.6) is 0 Å². The number of nitrogens with one attached hydrogen (secondary N) is 1. The van der Waals surface area contributed by atoms with Gasteiger partial charge in [0.25, 0.3) is 0 Å². The molecular formula is C25H22N2O2S. The Kier molecular flexibility index (Phi) is 5.63. The molecule has 3 aromatic carbocycles. The second-order valence-electron chi connectivity index (χ2n) is 7.13. The minimum absolute atomic E-state index is 0.104. The molecule has 2 amide bonds. The number of fused-ring (bicyclic) bond motifs is 1. The van der Waals surface area contributed by atoms with Crippen LogP contribution in [-0.4, -0.2) is 11.8 Å². The summed E-state index contributed by atoms with van der Waals surface area (Å²) in [5.41, 5.74) is 9.36. The Hall–Kier alpha value is -3.44. The zero-order valence-corrected chi connectivity index (χ0v) is 17.4. The van der Waals surface area contributed by atoms with E-state index in [1.165, 1.54) is 0 Å². The Balaban J connectivity index is 1.67. The standard InChI is InChI=1S/C25H22N2O2S/c1-2-18(16-8-4-3-5-9-16)25(29)27-17-12-13-19(21(14-17)24(26)28)22-15-30-23-11-7-6-10-20(22)23/h3-15,18H,2H2,1H3,(H2,26,28)(H,27,29). The van der Waals surface area contributed by atoms with Crippen molar-refractivity contribution in [2.75, 3.05) is 5.32 Å². The van der Waals surface area contributed by atoms with Gasteiger partial charge >= 0.3 is 0 Å². The van der Waals surface area contributed by atoms with Gasteiger partial charge in [0.05, 0.1) is 5.92 Å². The molecule has 1 heterocycles. The van der Waals surface area contributed by atoms with E-state index < -0.39 is 5.91 Å². The number of anilines is 1. The summed E-state index contributed by atoms with van der Waals surface area (Å²) in [5.74, 6) is -0.886. The summed E-state index contributed by atoms with van der Waals surface area (Å²) in [4.78, 5) is 25.1. The predicted octanol–water partition coefficient (Wildman–Crippen LogP) is 5.80. The normalized spacial score (nSPS) is 11.9. The van der Waals surface area contributed by atoms with Crippen LogP contribution in [0.15, 0.2) is 78.2 Å². The molecule has 0 aliphatic rings. The Morgan fingerprint density at radius 1 is 0.967 bits per heavy atom. The fourth-order valence-corrected chi connectivity index (χ4v) is 4.70. The lowest BCUT2D eigenvalue weighted by atomic mass is 9.95. The zero-order valence-electron chi connectivity index (χ0n) is 16.6. The van der Waals surface area contributed by atoms with Crippen LogP contribution in [0.25, 0.3) is 21.2 Å². The van der Waals surface area contributed by atoms with Crippen LogP contribution in [0.1, 0.15) is 35.2 Å². The third kappa shape index (κ3) is 3.84. The molecule has 5 heteroatoms. The quantitative estimate of drug-likeness (QED) is 0.418. The second kappa shape index (κ2) is 8.51. The molecule has 0 spiro atoms. The van der Waals surface area contributed by atoms with Gasteiger partial charge in [0.2, 0.25) is 11.8 Å². The van der Waals surface area contributed by atoms with Crippen LogP contribution >= 0.6 is 11.3 Å². The van der Waals surface area contributed by atoms with Gasteiger partial charge in [-0.25, -0.2) is 0 Å². The predicted molar refractivity (Wildman–Crippen MR) is 124 cm³/mol. The molecule has 3 N–H and O–H groups in total. The van der Waals surface area contributed by atoms with Crippen LogP contribution in [0.4, 0.5) is 5.69 Å². The van der Waals surface area contributed by atoms with Crippen LogP contribution in [0.2, 0.25) is 0 Å². The molecular weight excluding hydrogens is 392 g/mol.